The highest BCUT2D eigenvalue weighted by molar-refractivity contribution is 5.79. The molecule has 0 radical (unpaired) electrons. The zero-order valence-corrected chi connectivity index (χ0v) is 13.4. The molecular formula is C18H23NO4. The van der Waals surface area contributed by atoms with Crippen LogP contribution in [0.25, 0.3) is 0 Å². The fourth-order valence-corrected chi connectivity index (χ4v) is 3.61. The number of amides is 1. The van der Waals surface area contributed by atoms with E-state index in [0.29, 0.717) is 31.8 Å². The molecule has 1 aliphatic carbocycles. The first-order valence-corrected chi connectivity index (χ1v) is 8.22. The van der Waals surface area contributed by atoms with Gasteiger partial charge in [0.2, 0.25) is 5.91 Å². The van der Waals surface area contributed by atoms with Gasteiger partial charge in [0.1, 0.15) is 5.75 Å². The van der Waals surface area contributed by atoms with E-state index in [4.69, 9.17) is 4.74 Å². The number of para-hydroxylation sites is 1. The van der Waals surface area contributed by atoms with E-state index >= 15 is 0 Å². The number of carbonyl (C=O) groups is 2. The van der Waals surface area contributed by atoms with Crippen molar-refractivity contribution in [3.8, 4) is 5.75 Å². The molecule has 0 bridgehead atoms. The highest BCUT2D eigenvalue weighted by atomic mass is 16.5. The Bertz CT molecular complexity index is 596. The highest BCUT2D eigenvalue weighted by Crippen LogP contribution is 2.44. The minimum absolute atomic E-state index is 0.0466. The molecule has 1 aromatic rings. The Hall–Kier alpha value is -2.04. The largest absolute Gasteiger partial charge is 0.496 e. The quantitative estimate of drug-likeness (QED) is 0.873. The molecule has 3 rings (SSSR count). The van der Waals surface area contributed by atoms with Crippen molar-refractivity contribution in [2.45, 2.75) is 25.7 Å². The van der Waals surface area contributed by atoms with Gasteiger partial charge in [0, 0.05) is 19.5 Å². The van der Waals surface area contributed by atoms with Gasteiger partial charge in [-0.05, 0) is 42.7 Å². The number of methoxy groups -OCH3 is 1. The Balaban J connectivity index is 1.59. The zero-order chi connectivity index (χ0) is 16.4. The first kappa shape index (κ1) is 15.8. The van der Waals surface area contributed by atoms with Crippen LogP contribution in [0, 0.1) is 17.8 Å². The smallest absolute Gasteiger partial charge is 0.308 e. The van der Waals surface area contributed by atoms with Crippen molar-refractivity contribution < 1.29 is 19.4 Å². The lowest BCUT2D eigenvalue weighted by Gasteiger charge is -2.16. The lowest BCUT2D eigenvalue weighted by molar-refractivity contribution is -0.142. The van der Waals surface area contributed by atoms with Gasteiger partial charge in [0.15, 0.2) is 0 Å². The SMILES string of the molecule is COc1ccccc1CCC(=O)N1C[C@H](C(=O)O)[C@@H](C2CC2)C1. The molecule has 1 saturated heterocycles. The number of rotatable bonds is 6. The molecule has 0 unspecified atom stereocenters. The van der Waals surface area contributed by atoms with E-state index in [9.17, 15) is 14.7 Å². The minimum Gasteiger partial charge on any atom is -0.496 e. The number of hydrogen-bond donors (Lipinski definition) is 1. The van der Waals surface area contributed by atoms with Crippen molar-refractivity contribution in [3.05, 3.63) is 29.8 Å². The Morgan fingerprint density at radius 3 is 2.65 bits per heavy atom. The van der Waals surface area contributed by atoms with E-state index in [1.54, 1.807) is 12.0 Å². The van der Waals surface area contributed by atoms with Gasteiger partial charge in [-0.25, -0.2) is 0 Å². The van der Waals surface area contributed by atoms with Crippen LogP contribution in [-0.4, -0.2) is 42.1 Å². The zero-order valence-electron chi connectivity index (χ0n) is 13.4. The lowest BCUT2D eigenvalue weighted by Crippen LogP contribution is -2.30. The summed E-state index contributed by atoms with van der Waals surface area (Å²) in [7, 11) is 1.62. The van der Waals surface area contributed by atoms with Gasteiger partial charge in [-0.3, -0.25) is 9.59 Å². The van der Waals surface area contributed by atoms with E-state index in [0.717, 1.165) is 24.2 Å². The van der Waals surface area contributed by atoms with Gasteiger partial charge in [-0.2, -0.15) is 0 Å². The number of likely N-dealkylation sites (tertiary alicyclic amines) is 1. The minimum atomic E-state index is -0.762. The molecule has 2 atom stereocenters. The first-order valence-electron chi connectivity index (χ1n) is 8.22. The molecule has 0 spiro atoms. The summed E-state index contributed by atoms with van der Waals surface area (Å²) in [4.78, 5) is 25.6. The third-order valence-corrected chi connectivity index (χ3v) is 5.06. The second kappa shape index (κ2) is 6.60. The maximum absolute atomic E-state index is 12.5. The number of hydrogen-bond acceptors (Lipinski definition) is 3. The molecule has 2 fully saturated rings. The molecule has 1 amide bonds. The fourth-order valence-electron chi connectivity index (χ4n) is 3.61. The monoisotopic (exact) mass is 317 g/mol. The van der Waals surface area contributed by atoms with Gasteiger partial charge in [-0.1, -0.05) is 18.2 Å². The standard InChI is InChI=1S/C18H23NO4/c1-23-16-5-3-2-4-13(16)8-9-17(20)19-10-14(12-6-7-12)15(11-19)18(21)22/h2-5,12,14-15H,6-11H2,1H3,(H,21,22)/t14-,15+/m1/s1. The summed E-state index contributed by atoms with van der Waals surface area (Å²) in [6.07, 6.45) is 3.23. The Morgan fingerprint density at radius 1 is 1.26 bits per heavy atom. The average molecular weight is 317 g/mol. The molecular weight excluding hydrogens is 294 g/mol. The number of ether oxygens (including phenoxy) is 1. The Kier molecular flexibility index (Phi) is 4.55. The number of carboxylic acid groups (broad SMARTS) is 1. The molecule has 1 N–H and O–H groups in total. The van der Waals surface area contributed by atoms with E-state index < -0.39 is 11.9 Å². The van der Waals surface area contributed by atoms with Gasteiger partial charge in [-0.15, -0.1) is 0 Å². The molecule has 23 heavy (non-hydrogen) atoms. The number of aryl methyl sites for hydroxylation is 1. The number of nitrogens with zero attached hydrogens (tertiary/aromatic N) is 1. The topological polar surface area (TPSA) is 66.8 Å². The summed E-state index contributed by atoms with van der Waals surface area (Å²) >= 11 is 0. The summed E-state index contributed by atoms with van der Waals surface area (Å²) in [5.74, 6) is 0.330. The van der Waals surface area contributed by atoms with Crippen LogP contribution in [-0.2, 0) is 16.0 Å². The van der Waals surface area contributed by atoms with Gasteiger partial charge in [0.25, 0.3) is 0 Å². The molecule has 1 aliphatic heterocycles. The van der Waals surface area contributed by atoms with Crippen molar-refractivity contribution in [2.75, 3.05) is 20.2 Å². The predicted octanol–water partition coefficient (Wildman–Crippen LogP) is 2.20. The summed E-state index contributed by atoms with van der Waals surface area (Å²) in [5.41, 5.74) is 1.01. The van der Waals surface area contributed by atoms with E-state index in [-0.39, 0.29) is 11.8 Å². The summed E-state index contributed by atoms with van der Waals surface area (Å²) in [6.45, 7) is 0.966. The maximum atomic E-state index is 12.5. The predicted molar refractivity (Wildman–Crippen MR) is 85.2 cm³/mol. The van der Waals surface area contributed by atoms with E-state index in [1.165, 1.54) is 0 Å². The van der Waals surface area contributed by atoms with Crippen LogP contribution in [0.4, 0.5) is 0 Å². The Morgan fingerprint density at radius 2 is 2.00 bits per heavy atom. The second-order valence-corrected chi connectivity index (χ2v) is 6.56. The molecule has 2 aliphatic rings. The number of carbonyl (C=O) groups excluding carboxylic acids is 1. The normalized spacial score (nSPS) is 23.8. The van der Waals surface area contributed by atoms with E-state index in [1.807, 2.05) is 24.3 Å². The van der Waals surface area contributed by atoms with Crippen LogP contribution < -0.4 is 4.74 Å². The number of benzene rings is 1. The van der Waals surface area contributed by atoms with Crippen LogP contribution in [0.2, 0.25) is 0 Å². The number of carboxylic acids is 1. The lowest BCUT2D eigenvalue weighted by atomic mass is 9.92. The van der Waals surface area contributed by atoms with Crippen LogP contribution in [0.3, 0.4) is 0 Å². The van der Waals surface area contributed by atoms with Gasteiger partial charge < -0.3 is 14.7 Å². The summed E-state index contributed by atoms with van der Waals surface area (Å²) in [6, 6.07) is 7.69. The average Bonchev–Trinajstić information content (AvgIpc) is 3.30. The van der Waals surface area contributed by atoms with Crippen molar-refractivity contribution in [1.29, 1.82) is 0 Å². The number of aliphatic carboxylic acids is 1. The van der Waals surface area contributed by atoms with E-state index in [2.05, 4.69) is 0 Å². The molecule has 1 saturated carbocycles. The third kappa shape index (κ3) is 3.49. The van der Waals surface area contributed by atoms with Crippen molar-refractivity contribution >= 4 is 11.9 Å². The van der Waals surface area contributed by atoms with Crippen LogP contribution in [0.5, 0.6) is 5.75 Å². The Labute approximate surface area is 136 Å². The van der Waals surface area contributed by atoms with Crippen LogP contribution >= 0.6 is 0 Å². The second-order valence-electron chi connectivity index (χ2n) is 6.56. The van der Waals surface area contributed by atoms with Crippen molar-refractivity contribution in [3.63, 3.8) is 0 Å². The summed E-state index contributed by atoms with van der Waals surface area (Å²) in [5, 5.41) is 9.38. The van der Waals surface area contributed by atoms with Gasteiger partial charge >= 0.3 is 5.97 Å². The molecule has 5 nitrogen and oxygen atoms in total. The molecule has 1 aromatic carbocycles. The van der Waals surface area contributed by atoms with Crippen LogP contribution in [0.1, 0.15) is 24.8 Å². The maximum Gasteiger partial charge on any atom is 0.308 e. The summed E-state index contributed by atoms with van der Waals surface area (Å²) < 4.78 is 5.31. The van der Waals surface area contributed by atoms with Crippen LogP contribution in [0.15, 0.2) is 24.3 Å². The molecule has 5 heteroatoms. The molecule has 0 aromatic heterocycles. The van der Waals surface area contributed by atoms with Gasteiger partial charge in [0.05, 0.1) is 13.0 Å². The van der Waals surface area contributed by atoms with Crippen molar-refractivity contribution in [1.82, 2.24) is 4.90 Å². The fraction of sp³-hybridized carbons (Fsp3) is 0.556. The molecule has 124 valence electrons. The highest BCUT2D eigenvalue weighted by Gasteiger charge is 2.46. The van der Waals surface area contributed by atoms with Crippen molar-refractivity contribution in [2.24, 2.45) is 17.8 Å². The molecule has 1 heterocycles. The first-order chi connectivity index (χ1) is 11.1. The third-order valence-electron chi connectivity index (χ3n) is 5.06.